The van der Waals surface area contributed by atoms with Crippen molar-refractivity contribution in [2.24, 2.45) is 9.98 Å². The second kappa shape index (κ2) is 10.8. The maximum absolute atomic E-state index is 13.6. The highest BCUT2D eigenvalue weighted by atomic mass is 19.1. The molecule has 0 saturated carbocycles. The van der Waals surface area contributed by atoms with Gasteiger partial charge in [-0.3, -0.25) is 0 Å². The van der Waals surface area contributed by atoms with Gasteiger partial charge in [-0.15, -0.1) is 0 Å². The molecule has 3 aromatic carbocycles. The summed E-state index contributed by atoms with van der Waals surface area (Å²) in [6.07, 6.45) is 3.28. The molecule has 0 amide bonds. The van der Waals surface area contributed by atoms with Gasteiger partial charge in [0.25, 0.3) is 0 Å². The van der Waals surface area contributed by atoms with Crippen molar-refractivity contribution in [2.75, 3.05) is 0 Å². The molecule has 0 aliphatic carbocycles. The van der Waals surface area contributed by atoms with E-state index in [0.717, 1.165) is 36.0 Å². The Morgan fingerprint density at radius 2 is 1.26 bits per heavy atom. The smallest absolute Gasteiger partial charge is 0.205 e. The van der Waals surface area contributed by atoms with Gasteiger partial charge in [-0.2, -0.15) is 0 Å². The van der Waals surface area contributed by atoms with Crippen molar-refractivity contribution in [3.63, 3.8) is 0 Å². The molecule has 1 saturated heterocycles. The van der Waals surface area contributed by atoms with E-state index < -0.39 is 0 Å². The van der Waals surface area contributed by atoms with E-state index in [1.807, 2.05) is 32.0 Å². The second-order valence-electron chi connectivity index (χ2n) is 9.28. The molecule has 1 N–H and O–H groups in total. The molecule has 0 spiro atoms. The van der Waals surface area contributed by atoms with Crippen molar-refractivity contribution in [1.82, 2.24) is 10.2 Å². The normalized spacial score (nSPS) is 19.1. The summed E-state index contributed by atoms with van der Waals surface area (Å²) < 4.78 is 27.1. The summed E-state index contributed by atoms with van der Waals surface area (Å²) in [7, 11) is 0. The van der Waals surface area contributed by atoms with Crippen LogP contribution in [0.2, 0.25) is 0 Å². The molecule has 1 aliphatic heterocycles. The summed E-state index contributed by atoms with van der Waals surface area (Å²) in [5.41, 5.74) is 4.40. The summed E-state index contributed by atoms with van der Waals surface area (Å²) in [5, 5.41) is 3.55. The number of aliphatic imine (C=N–C) groups is 2. The molecule has 4 rings (SSSR count). The van der Waals surface area contributed by atoms with Gasteiger partial charge in [-0.25, -0.2) is 18.8 Å². The van der Waals surface area contributed by atoms with Crippen molar-refractivity contribution in [2.45, 2.75) is 59.0 Å². The quantitative estimate of drug-likeness (QED) is 0.322. The molecule has 6 heteroatoms. The number of aryl methyl sites for hydroxylation is 2. The van der Waals surface area contributed by atoms with Crippen LogP contribution in [0.1, 0.15) is 49.8 Å². The first kappa shape index (κ1) is 24.6. The SMILES string of the molecule is Cc1cccc(C)c1/C(=N\c1ccc(F)cc1)N/C(=N\c1ccc(F)cc1)N1C(C)CCCC1C. The second-order valence-corrected chi connectivity index (χ2v) is 9.28. The first-order valence-corrected chi connectivity index (χ1v) is 12.1. The lowest BCUT2D eigenvalue weighted by Gasteiger charge is -2.41. The Bertz CT molecular complexity index is 1190. The van der Waals surface area contributed by atoms with Gasteiger partial charge in [0, 0.05) is 17.6 Å². The lowest BCUT2D eigenvalue weighted by Crippen LogP contribution is -2.54. The van der Waals surface area contributed by atoms with E-state index in [9.17, 15) is 8.78 Å². The largest absolute Gasteiger partial charge is 0.337 e. The van der Waals surface area contributed by atoms with Crippen molar-refractivity contribution >= 4 is 23.2 Å². The lowest BCUT2D eigenvalue weighted by molar-refractivity contribution is 0.187. The first-order chi connectivity index (χ1) is 16.8. The van der Waals surface area contributed by atoms with Crippen LogP contribution < -0.4 is 5.32 Å². The van der Waals surface area contributed by atoms with Gasteiger partial charge in [0.05, 0.1) is 11.4 Å². The molecule has 1 heterocycles. The van der Waals surface area contributed by atoms with Gasteiger partial charge in [0.2, 0.25) is 5.96 Å². The number of nitrogens with one attached hydrogen (secondary N) is 1. The number of hydrogen-bond acceptors (Lipinski definition) is 2. The number of halogens is 2. The molecule has 4 nitrogen and oxygen atoms in total. The van der Waals surface area contributed by atoms with Gasteiger partial charge < -0.3 is 10.2 Å². The van der Waals surface area contributed by atoms with Crippen LogP contribution in [0.4, 0.5) is 20.2 Å². The lowest BCUT2D eigenvalue weighted by atomic mass is 9.98. The van der Waals surface area contributed by atoms with E-state index in [4.69, 9.17) is 9.98 Å². The highest BCUT2D eigenvalue weighted by Gasteiger charge is 2.29. The summed E-state index contributed by atoms with van der Waals surface area (Å²) in [6, 6.07) is 19.0. The zero-order chi connectivity index (χ0) is 24.9. The first-order valence-electron chi connectivity index (χ1n) is 12.1. The molecule has 0 bridgehead atoms. The summed E-state index contributed by atoms with van der Waals surface area (Å²) in [5.74, 6) is 0.699. The molecule has 2 unspecified atom stereocenters. The topological polar surface area (TPSA) is 40.0 Å². The monoisotopic (exact) mass is 474 g/mol. The summed E-state index contributed by atoms with van der Waals surface area (Å²) in [6.45, 7) is 8.50. The third-order valence-corrected chi connectivity index (χ3v) is 6.52. The third kappa shape index (κ3) is 5.94. The number of guanidine groups is 1. The number of hydrogen-bond donors (Lipinski definition) is 1. The number of piperidine rings is 1. The number of likely N-dealkylation sites (tertiary alicyclic amines) is 1. The Morgan fingerprint density at radius 1 is 0.771 bits per heavy atom. The van der Waals surface area contributed by atoms with E-state index in [0.29, 0.717) is 23.2 Å². The van der Waals surface area contributed by atoms with Crippen LogP contribution in [0.25, 0.3) is 0 Å². The molecule has 35 heavy (non-hydrogen) atoms. The fraction of sp³-hybridized carbons (Fsp3) is 0.310. The fourth-order valence-corrected chi connectivity index (χ4v) is 4.71. The van der Waals surface area contributed by atoms with Crippen molar-refractivity contribution in [1.29, 1.82) is 0 Å². The molecule has 1 aliphatic rings. The van der Waals surface area contributed by atoms with Gasteiger partial charge in [-0.05, 0) is 107 Å². The van der Waals surface area contributed by atoms with Gasteiger partial charge in [0.1, 0.15) is 17.5 Å². The Hall–Kier alpha value is -3.54. The van der Waals surface area contributed by atoms with E-state index in [1.54, 1.807) is 24.3 Å². The predicted octanol–water partition coefficient (Wildman–Crippen LogP) is 7.20. The van der Waals surface area contributed by atoms with Crippen LogP contribution in [0, 0.1) is 25.5 Å². The Morgan fingerprint density at radius 3 is 1.77 bits per heavy atom. The highest BCUT2D eigenvalue weighted by molar-refractivity contribution is 6.11. The minimum Gasteiger partial charge on any atom is -0.337 e. The van der Waals surface area contributed by atoms with Crippen LogP contribution >= 0.6 is 0 Å². The predicted molar refractivity (Wildman–Crippen MR) is 140 cm³/mol. The molecule has 0 aromatic heterocycles. The average molecular weight is 475 g/mol. The minimum absolute atomic E-state index is 0.274. The number of rotatable bonds is 3. The zero-order valence-corrected chi connectivity index (χ0v) is 20.7. The molecular formula is C29H32F2N4. The van der Waals surface area contributed by atoms with Gasteiger partial charge in [0.15, 0.2) is 0 Å². The molecular weight excluding hydrogens is 442 g/mol. The maximum atomic E-state index is 13.6. The Balaban J connectivity index is 1.85. The number of benzene rings is 3. The Labute approximate surface area is 206 Å². The molecule has 1 fully saturated rings. The number of amidine groups is 1. The fourth-order valence-electron chi connectivity index (χ4n) is 4.71. The third-order valence-electron chi connectivity index (χ3n) is 6.52. The van der Waals surface area contributed by atoms with E-state index >= 15 is 0 Å². The van der Waals surface area contributed by atoms with Crippen molar-refractivity contribution < 1.29 is 8.78 Å². The average Bonchev–Trinajstić information content (AvgIpc) is 2.81. The van der Waals surface area contributed by atoms with E-state index in [-0.39, 0.29) is 23.7 Å². The van der Waals surface area contributed by atoms with Crippen molar-refractivity contribution in [3.05, 3.63) is 95.1 Å². The minimum atomic E-state index is -0.306. The van der Waals surface area contributed by atoms with E-state index in [2.05, 4.69) is 24.1 Å². The van der Waals surface area contributed by atoms with Crippen LogP contribution in [0.3, 0.4) is 0 Å². The standard InChI is InChI=1S/C29H32F2N4/c1-19-7-5-8-20(2)27(19)28(32-25-15-11-23(30)12-16-25)34-29(33-26-17-13-24(31)14-18-26)35-21(3)9-6-10-22(35)4/h5,7-8,11-18,21-22H,6,9-10H2,1-4H3,(H,32,33,34). The van der Waals surface area contributed by atoms with E-state index in [1.165, 1.54) is 24.3 Å². The van der Waals surface area contributed by atoms with Crippen LogP contribution in [0.5, 0.6) is 0 Å². The van der Waals surface area contributed by atoms with Crippen molar-refractivity contribution in [3.8, 4) is 0 Å². The highest BCUT2D eigenvalue weighted by Crippen LogP contribution is 2.25. The van der Waals surface area contributed by atoms with Gasteiger partial charge in [-0.1, -0.05) is 18.2 Å². The zero-order valence-electron chi connectivity index (χ0n) is 20.7. The molecule has 2 atom stereocenters. The Kier molecular flexibility index (Phi) is 7.59. The molecule has 0 radical (unpaired) electrons. The van der Waals surface area contributed by atoms with Crippen LogP contribution in [-0.4, -0.2) is 28.8 Å². The van der Waals surface area contributed by atoms with Gasteiger partial charge >= 0.3 is 0 Å². The summed E-state index contributed by atoms with van der Waals surface area (Å²) in [4.78, 5) is 12.1. The summed E-state index contributed by atoms with van der Waals surface area (Å²) >= 11 is 0. The van der Waals surface area contributed by atoms with Crippen LogP contribution in [-0.2, 0) is 0 Å². The molecule has 182 valence electrons. The van der Waals surface area contributed by atoms with Crippen LogP contribution in [0.15, 0.2) is 76.7 Å². The maximum Gasteiger partial charge on any atom is 0.205 e. The number of nitrogens with zero attached hydrogens (tertiary/aromatic N) is 3. The molecule has 3 aromatic rings.